The monoisotopic (exact) mass is 1230 g/mol. The number of aliphatic hydroxyl groups is 7. The number of carbonyl (C=O) groups excluding carboxylic acids is 1. The van der Waals surface area contributed by atoms with Gasteiger partial charge in [-0.2, -0.15) is 0 Å². The predicted octanol–water partition coefficient (Wildman–Crippen LogP) is 18.9. The summed E-state index contributed by atoms with van der Waals surface area (Å²) >= 11 is 0. The van der Waals surface area contributed by atoms with Crippen molar-refractivity contribution in [2.45, 2.75) is 428 Å². The van der Waals surface area contributed by atoms with E-state index in [1.54, 1.807) is 0 Å². The quantitative estimate of drug-likeness (QED) is 0.0215. The molecule has 1 aliphatic rings. The minimum Gasteiger partial charge on any atom is -0.394 e. The number of carbonyl (C=O) groups is 1. The van der Waals surface area contributed by atoms with E-state index in [2.05, 4.69) is 55.6 Å². The van der Waals surface area contributed by atoms with E-state index in [1.807, 2.05) is 0 Å². The van der Waals surface area contributed by atoms with Gasteiger partial charge in [0.15, 0.2) is 6.29 Å². The highest BCUT2D eigenvalue weighted by Gasteiger charge is 2.44. The summed E-state index contributed by atoms with van der Waals surface area (Å²) in [7, 11) is 0. The first kappa shape index (κ1) is 83.3. The fourth-order valence-corrected chi connectivity index (χ4v) is 12.4. The number of amides is 1. The van der Waals surface area contributed by atoms with E-state index in [0.717, 1.165) is 44.9 Å². The SMILES string of the molecule is CCCCCCCCCCCCCCCCCCCCC/C=C/CC/C=C/CC/C=C/CCCC(O)C(O)C(COC1OC(CO)C(O)C(O)C1O)NC(=O)C(O)CCCCCCCCCCCCCCCCCCCCCCCCCCCCCC. The van der Waals surface area contributed by atoms with Crippen LogP contribution < -0.4 is 5.32 Å². The summed E-state index contributed by atoms with van der Waals surface area (Å²) in [4.78, 5) is 13.3. The lowest BCUT2D eigenvalue weighted by atomic mass is 9.98. The van der Waals surface area contributed by atoms with Crippen molar-refractivity contribution in [1.82, 2.24) is 5.32 Å². The molecule has 9 unspecified atom stereocenters. The lowest BCUT2D eigenvalue weighted by Gasteiger charge is -2.40. The molecule has 0 aliphatic carbocycles. The molecule has 0 aromatic rings. The first-order chi connectivity index (χ1) is 42.7. The molecular weight excluding hydrogens is 1090 g/mol. The Balaban J connectivity index is 2.20. The lowest BCUT2D eigenvalue weighted by molar-refractivity contribution is -0.303. The standard InChI is InChI=1S/C76H145NO10/c1-3-5-7-9-11-13-15-17-19-21-23-25-27-29-31-33-34-35-36-38-39-41-43-45-47-49-51-53-55-57-59-61-63-68(79)71(81)67(66-86-76-74(84)73(83)72(82)70(65-78)87-76)77-75(85)69(80)64-62-60-58-56-54-52-50-48-46-44-42-40-37-32-30-28-26-24-22-20-18-16-14-12-10-8-6-4-2/h39,41,47,49,55,57,67-74,76,78-84H,3-38,40,42-46,48,50-54,56,58-66H2,1-2H3,(H,77,85)/b41-39+,49-47+,57-55+. The van der Waals surface area contributed by atoms with Crippen molar-refractivity contribution < 1.29 is 50.0 Å². The minimum atomic E-state index is -1.67. The fourth-order valence-electron chi connectivity index (χ4n) is 12.4. The van der Waals surface area contributed by atoms with Crippen LogP contribution in [0.4, 0.5) is 0 Å². The molecule has 1 aliphatic heterocycles. The summed E-state index contributed by atoms with van der Waals surface area (Å²) in [5.74, 6) is -0.705. The highest BCUT2D eigenvalue weighted by Crippen LogP contribution is 2.24. The van der Waals surface area contributed by atoms with Gasteiger partial charge in [0.25, 0.3) is 0 Å². The third-order valence-corrected chi connectivity index (χ3v) is 18.4. The number of rotatable bonds is 67. The molecule has 0 aromatic carbocycles. The fraction of sp³-hybridized carbons (Fsp3) is 0.908. The van der Waals surface area contributed by atoms with Gasteiger partial charge in [-0.05, 0) is 64.2 Å². The highest BCUT2D eigenvalue weighted by atomic mass is 16.7. The predicted molar refractivity (Wildman–Crippen MR) is 367 cm³/mol. The highest BCUT2D eigenvalue weighted by molar-refractivity contribution is 5.80. The van der Waals surface area contributed by atoms with Gasteiger partial charge in [0.2, 0.25) is 5.91 Å². The van der Waals surface area contributed by atoms with E-state index in [-0.39, 0.29) is 12.8 Å². The summed E-state index contributed by atoms with van der Waals surface area (Å²) in [6, 6.07) is -1.20. The first-order valence-electron chi connectivity index (χ1n) is 37.9. The third kappa shape index (κ3) is 51.5. The summed E-state index contributed by atoms with van der Waals surface area (Å²) in [5.41, 5.74) is 0. The number of ether oxygens (including phenoxy) is 2. The molecule has 11 heteroatoms. The Morgan fingerprint density at radius 2 is 0.690 bits per heavy atom. The van der Waals surface area contributed by atoms with E-state index < -0.39 is 74.2 Å². The molecule has 87 heavy (non-hydrogen) atoms. The van der Waals surface area contributed by atoms with E-state index in [0.29, 0.717) is 19.3 Å². The second-order valence-corrected chi connectivity index (χ2v) is 26.7. The topological polar surface area (TPSA) is 189 Å². The average molecular weight is 1230 g/mol. The molecule has 514 valence electrons. The molecule has 0 radical (unpaired) electrons. The lowest BCUT2D eigenvalue weighted by Crippen LogP contribution is -2.60. The normalized spacial score (nSPS) is 18.8. The van der Waals surface area contributed by atoms with E-state index in [4.69, 9.17) is 9.47 Å². The summed E-state index contributed by atoms with van der Waals surface area (Å²) in [6.45, 7) is 3.50. The van der Waals surface area contributed by atoms with Crippen molar-refractivity contribution >= 4 is 5.91 Å². The summed E-state index contributed by atoms with van der Waals surface area (Å²) in [5, 5.41) is 76.6. The Morgan fingerprint density at radius 3 is 1.02 bits per heavy atom. The number of nitrogens with one attached hydrogen (secondary N) is 1. The molecule has 9 atom stereocenters. The van der Waals surface area contributed by atoms with Gasteiger partial charge in [-0.3, -0.25) is 4.79 Å². The van der Waals surface area contributed by atoms with Crippen LogP contribution in [0.2, 0.25) is 0 Å². The van der Waals surface area contributed by atoms with Crippen molar-refractivity contribution in [1.29, 1.82) is 0 Å². The number of hydrogen-bond donors (Lipinski definition) is 8. The van der Waals surface area contributed by atoms with Crippen LogP contribution in [-0.2, 0) is 14.3 Å². The molecule has 0 bridgehead atoms. The molecular formula is C76H145NO10. The van der Waals surface area contributed by atoms with Gasteiger partial charge < -0.3 is 50.5 Å². The Bertz CT molecular complexity index is 1510. The average Bonchev–Trinajstić information content (AvgIpc) is 1.97. The molecule has 1 amide bonds. The van der Waals surface area contributed by atoms with Crippen molar-refractivity contribution in [3.63, 3.8) is 0 Å². The largest absolute Gasteiger partial charge is 0.394 e. The van der Waals surface area contributed by atoms with Gasteiger partial charge in [-0.25, -0.2) is 0 Å². The molecule has 0 aromatic heterocycles. The van der Waals surface area contributed by atoms with Gasteiger partial charge in [0.1, 0.15) is 36.6 Å². The maximum atomic E-state index is 13.3. The van der Waals surface area contributed by atoms with Gasteiger partial charge in [0.05, 0.1) is 25.4 Å². The van der Waals surface area contributed by atoms with Crippen LogP contribution in [0.5, 0.6) is 0 Å². The molecule has 1 fully saturated rings. The zero-order valence-electron chi connectivity index (χ0n) is 57.0. The van der Waals surface area contributed by atoms with Crippen molar-refractivity contribution in [2.75, 3.05) is 13.2 Å². The van der Waals surface area contributed by atoms with Crippen LogP contribution >= 0.6 is 0 Å². The van der Waals surface area contributed by atoms with Crippen molar-refractivity contribution in [3.05, 3.63) is 36.5 Å². The van der Waals surface area contributed by atoms with Gasteiger partial charge in [-0.1, -0.05) is 346 Å². The molecule has 8 N–H and O–H groups in total. The van der Waals surface area contributed by atoms with Gasteiger partial charge >= 0.3 is 0 Å². The Hall–Kier alpha value is -1.67. The van der Waals surface area contributed by atoms with Crippen molar-refractivity contribution in [3.8, 4) is 0 Å². The molecule has 1 rings (SSSR count). The zero-order valence-corrected chi connectivity index (χ0v) is 57.0. The van der Waals surface area contributed by atoms with Crippen LogP contribution in [0.3, 0.4) is 0 Å². The molecule has 1 heterocycles. The first-order valence-corrected chi connectivity index (χ1v) is 37.9. The van der Waals surface area contributed by atoms with Crippen LogP contribution in [0.15, 0.2) is 36.5 Å². The number of hydrogen-bond acceptors (Lipinski definition) is 10. The van der Waals surface area contributed by atoms with Gasteiger partial charge in [0, 0.05) is 0 Å². The zero-order chi connectivity index (χ0) is 63.1. The van der Waals surface area contributed by atoms with Crippen LogP contribution in [0.1, 0.15) is 373 Å². The van der Waals surface area contributed by atoms with E-state index in [9.17, 15) is 40.5 Å². The van der Waals surface area contributed by atoms with Crippen LogP contribution in [-0.4, -0.2) is 110 Å². The Kier molecular flexibility index (Phi) is 61.7. The maximum Gasteiger partial charge on any atom is 0.249 e. The van der Waals surface area contributed by atoms with E-state index in [1.165, 1.54) is 283 Å². The van der Waals surface area contributed by atoms with Gasteiger partial charge in [-0.15, -0.1) is 0 Å². The maximum absolute atomic E-state index is 13.3. The number of aliphatic hydroxyl groups excluding tert-OH is 7. The summed E-state index contributed by atoms with van der Waals surface area (Å²) < 4.78 is 11.2. The molecule has 11 nitrogen and oxygen atoms in total. The number of allylic oxidation sites excluding steroid dienone is 6. The number of unbranched alkanes of at least 4 members (excludes halogenated alkanes) is 49. The molecule has 0 saturated carbocycles. The third-order valence-electron chi connectivity index (χ3n) is 18.4. The van der Waals surface area contributed by atoms with Crippen LogP contribution in [0.25, 0.3) is 0 Å². The van der Waals surface area contributed by atoms with Crippen molar-refractivity contribution in [2.24, 2.45) is 0 Å². The molecule has 1 saturated heterocycles. The minimum absolute atomic E-state index is 0.243. The Labute approximate surface area is 537 Å². The van der Waals surface area contributed by atoms with Crippen LogP contribution in [0, 0.1) is 0 Å². The van der Waals surface area contributed by atoms with E-state index >= 15 is 0 Å². The second-order valence-electron chi connectivity index (χ2n) is 26.7. The molecule has 0 spiro atoms. The second kappa shape index (κ2) is 64.4. The smallest absolute Gasteiger partial charge is 0.249 e. The Morgan fingerprint density at radius 1 is 0.391 bits per heavy atom. The summed E-state index contributed by atoms with van der Waals surface area (Å²) in [6.07, 6.45) is 72.5.